The fraction of sp³-hybridized carbons (Fsp3) is 0.500. The number of aromatic nitrogens is 2. The first kappa shape index (κ1) is 6.58. The maximum absolute atomic E-state index is 3.98. The molecule has 0 spiro atoms. The number of rotatable bonds is 1. The highest BCUT2D eigenvalue weighted by Gasteiger charge is 2.11. The molecule has 0 unspecified atom stereocenters. The SMILES string of the molecule is c1ncc(N2CCCC2)cn1. The molecule has 3 nitrogen and oxygen atoms in total. The van der Waals surface area contributed by atoms with Crippen LogP contribution < -0.4 is 4.90 Å². The van der Waals surface area contributed by atoms with Crippen LogP contribution in [0.15, 0.2) is 18.7 Å². The van der Waals surface area contributed by atoms with E-state index in [0.29, 0.717) is 0 Å². The molecule has 58 valence electrons. The van der Waals surface area contributed by atoms with E-state index < -0.39 is 0 Å². The number of anilines is 1. The zero-order valence-corrected chi connectivity index (χ0v) is 6.40. The normalized spacial score (nSPS) is 17.3. The zero-order valence-electron chi connectivity index (χ0n) is 6.40. The largest absolute Gasteiger partial charge is 0.369 e. The summed E-state index contributed by atoms with van der Waals surface area (Å²) >= 11 is 0. The Morgan fingerprint density at radius 3 is 2.36 bits per heavy atom. The van der Waals surface area contributed by atoms with E-state index >= 15 is 0 Å². The van der Waals surface area contributed by atoms with Crippen LogP contribution in [-0.4, -0.2) is 23.1 Å². The smallest absolute Gasteiger partial charge is 0.115 e. The molecule has 0 aliphatic carbocycles. The predicted molar refractivity (Wildman–Crippen MR) is 43.5 cm³/mol. The van der Waals surface area contributed by atoms with Gasteiger partial charge in [0.2, 0.25) is 0 Å². The van der Waals surface area contributed by atoms with Crippen LogP contribution in [-0.2, 0) is 0 Å². The lowest BCUT2D eigenvalue weighted by Gasteiger charge is -2.15. The van der Waals surface area contributed by atoms with E-state index in [9.17, 15) is 0 Å². The Balaban J connectivity index is 2.16. The van der Waals surface area contributed by atoms with Crippen molar-refractivity contribution in [1.29, 1.82) is 0 Å². The third kappa shape index (κ3) is 1.31. The summed E-state index contributed by atoms with van der Waals surface area (Å²) in [4.78, 5) is 10.3. The minimum Gasteiger partial charge on any atom is -0.369 e. The van der Waals surface area contributed by atoms with Gasteiger partial charge < -0.3 is 4.90 Å². The first-order valence-electron chi connectivity index (χ1n) is 3.97. The van der Waals surface area contributed by atoms with Crippen LogP contribution >= 0.6 is 0 Å². The molecule has 2 rings (SSSR count). The summed E-state index contributed by atoms with van der Waals surface area (Å²) in [5.74, 6) is 0. The van der Waals surface area contributed by atoms with Crippen LogP contribution in [0.1, 0.15) is 12.8 Å². The van der Waals surface area contributed by atoms with Crippen LogP contribution in [0.5, 0.6) is 0 Å². The molecule has 1 saturated heterocycles. The maximum atomic E-state index is 3.98. The molecule has 1 aromatic rings. The van der Waals surface area contributed by atoms with Gasteiger partial charge in [-0.05, 0) is 12.8 Å². The second-order valence-corrected chi connectivity index (χ2v) is 2.79. The Kier molecular flexibility index (Phi) is 1.71. The standard InChI is InChI=1S/C8H11N3/c1-2-4-11(3-1)8-5-9-7-10-6-8/h5-7H,1-4H2. The van der Waals surface area contributed by atoms with Crippen LogP contribution in [0.25, 0.3) is 0 Å². The van der Waals surface area contributed by atoms with E-state index in [-0.39, 0.29) is 0 Å². The highest BCUT2D eigenvalue weighted by Crippen LogP contribution is 2.16. The Morgan fingerprint density at radius 2 is 1.73 bits per heavy atom. The Labute approximate surface area is 66.1 Å². The van der Waals surface area contributed by atoms with Crippen LogP contribution in [0.2, 0.25) is 0 Å². The van der Waals surface area contributed by atoms with E-state index in [0.717, 1.165) is 18.8 Å². The topological polar surface area (TPSA) is 29.0 Å². The summed E-state index contributed by atoms with van der Waals surface area (Å²) in [6.45, 7) is 2.32. The number of hydrogen-bond donors (Lipinski definition) is 0. The van der Waals surface area contributed by atoms with E-state index in [4.69, 9.17) is 0 Å². The van der Waals surface area contributed by atoms with Gasteiger partial charge in [-0.2, -0.15) is 0 Å². The fourth-order valence-corrected chi connectivity index (χ4v) is 1.43. The quantitative estimate of drug-likeness (QED) is 0.598. The summed E-state index contributed by atoms with van der Waals surface area (Å²) in [6.07, 6.45) is 7.92. The molecular formula is C8H11N3. The van der Waals surface area contributed by atoms with Crippen molar-refractivity contribution in [1.82, 2.24) is 9.97 Å². The van der Waals surface area contributed by atoms with Crippen molar-refractivity contribution in [3.8, 4) is 0 Å². The molecule has 2 heterocycles. The van der Waals surface area contributed by atoms with E-state index in [2.05, 4.69) is 14.9 Å². The summed E-state index contributed by atoms with van der Waals surface area (Å²) in [5, 5.41) is 0. The molecule has 0 atom stereocenters. The first-order chi connectivity index (χ1) is 5.47. The summed E-state index contributed by atoms with van der Waals surface area (Å²) < 4.78 is 0. The molecule has 1 fully saturated rings. The van der Waals surface area contributed by atoms with E-state index in [1.807, 2.05) is 12.4 Å². The van der Waals surface area contributed by atoms with Gasteiger partial charge in [0.25, 0.3) is 0 Å². The van der Waals surface area contributed by atoms with Gasteiger partial charge >= 0.3 is 0 Å². The summed E-state index contributed by atoms with van der Waals surface area (Å²) in [5.41, 5.74) is 1.16. The summed E-state index contributed by atoms with van der Waals surface area (Å²) in [7, 11) is 0. The van der Waals surface area contributed by atoms with Gasteiger partial charge in [-0.3, -0.25) is 0 Å². The van der Waals surface area contributed by atoms with E-state index in [1.165, 1.54) is 12.8 Å². The fourth-order valence-electron chi connectivity index (χ4n) is 1.43. The molecule has 0 N–H and O–H groups in total. The lowest BCUT2D eigenvalue weighted by Crippen LogP contribution is -2.17. The Morgan fingerprint density at radius 1 is 1.09 bits per heavy atom. The van der Waals surface area contributed by atoms with Gasteiger partial charge in [0.15, 0.2) is 0 Å². The van der Waals surface area contributed by atoms with Crippen molar-refractivity contribution in [2.45, 2.75) is 12.8 Å². The molecule has 1 aliphatic rings. The second kappa shape index (κ2) is 2.86. The highest BCUT2D eigenvalue weighted by atomic mass is 15.2. The molecule has 1 aromatic heterocycles. The summed E-state index contributed by atoms with van der Waals surface area (Å²) in [6, 6.07) is 0. The average Bonchev–Trinajstić information content (AvgIpc) is 2.58. The molecule has 0 amide bonds. The van der Waals surface area contributed by atoms with E-state index in [1.54, 1.807) is 6.33 Å². The third-order valence-electron chi connectivity index (χ3n) is 2.02. The lowest BCUT2D eigenvalue weighted by molar-refractivity contribution is 0.949. The molecule has 0 radical (unpaired) electrons. The minimum atomic E-state index is 1.16. The van der Waals surface area contributed by atoms with Crippen molar-refractivity contribution >= 4 is 5.69 Å². The minimum absolute atomic E-state index is 1.16. The molecule has 0 bridgehead atoms. The van der Waals surface area contributed by atoms with Gasteiger partial charge in [0, 0.05) is 13.1 Å². The van der Waals surface area contributed by atoms with Crippen molar-refractivity contribution < 1.29 is 0 Å². The monoisotopic (exact) mass is 149 g/mol. The molecular weight excluding hydrogens is 138 g/mol. The zero-order chi connectivity index (χ0) is 7.52. The van der Waals surface area contributed by atoms with Crippen molar-refractivity contribution in [2.75, 3.05) is 18.0 Å². The van der Waals surface area contributed by atoms with Crippen LogP contribution in [0.3, 0.4) is 0 Å². The lowest BCUT2D eigenvalue weighted by atomic mass is 10.4. The molecule has 0 aromatic carbocycles. The van der Waals surface area contributed by atoms with Crippen LogP contribution in [0, 0.1) is 0 Å². The molecule has 1 aliphatic heterocycles. The maximum Gasteiger partial charge on any atom is 0.115 e. The van der Waals surface area contributed by atoms with Gasteiger partial charge in [-0.1, -0.05) is 0 Å². The van der Waals surface area contributed by atoms with Crippen molar-refractivity contribution in [2.24, 2.45) is 0 Å². The Bertz CT molecular complexity index is 216. The number of hydrogen-bond acceptors (Lipinski definition) is 3. The van der Waals surface area contributed by atoms with Crippen molar-refractivity contribution in [3.05, 3.63) is 18.7 Å². The van der Waals surface area contributed by atoms with Gasteiger partial charge in [-0.25, -0.2) is 9.97 Å². The predicted octanol–water partition coefficient (Wildman–Crippen LogP) is 1.08. The van der Waals surface area contributed by atoms with Crippen molar-refractivity contribution in [3.63, 3.8) is 0 Å². The number of nitrogens with zero attached hydrogens (tertiary/aromatic N) is 3. The van der Waals surface area contributed by atoms with Gasteiger partial charge in [0.1, 0.15) is 6.33 Å². The Hall–Kier alpha value is -1.12. The first-order valence-corrected chi connectivity index (χ1v) is 3.97. The molecule has 0 saturated carbocycles. The third-order valence-corrected chi connectivity index (χ3v) is 2.02. The van der Waals surface area contributed by atoms with Gasteiger partial charge in [0.05, 0.1) is 18.1 Å². The molecule has 3 heteroatoms. The second-order valence-electron chi connectivity index (χ2n) is 2.79. The molecule has 11 heavy (non-hydrogen) atoms. The average molecular weight is 149 g/mol. The van der Waals surface area contributed by atoms with Crippen LogP contribution in [0.4, 0.5) is 5.69 Å². The highest BCUT2D eigenvalue weighted by molar-refractivity contribution is 5.42. The van der Waals surface area contributed by atoms with Gasteiger partial charge in [-0.15, -0.1) is 0 Å².